The summed E-state index contributed by atoms with van der Waals surface area (Å²) in [6.07, 6.45) is 7.62. The third-order valence-electron chi connectivity index (χ3n) is 3.42. The van der Waals surface area contributed by atoms with Gasteiger partial charge in [-0.1, -0.05) is 39.0 Å². The van der Waals surface area contributed by atoms with E-state index in [4.69, 9.17) is 10.8 Å². The van der Waals surface area contributed by atoms with E-state index in [0.717, 1.165) is 18.4 Å². The van der Waals surface area contributed by atoms with E-state index < -0.39 is 11.9 Å². The molecular formula is C16H23NO3. The molecule has 0 fully saturated rings. The van der Waals surface area contributed by atoms with Crippen molar-refractivity contribution in [3.63, 3.8) is 0 Å². The van der Waals surface area contributed by atoms with Gasteiger partial charge in [-0.2, -0.15) is 0 Å². The van der Waals surface area contributed by atoms with Crippen LogP contribution in [0.15, 0.2) is 18.2 Å². The molecule has 0 atom stereocenters. The zero-order valence-corrected chi connectivity index (χ0v) is 12.0. The fourth-order valence-corrected chi connectivity index (χ4v) is 2.27. The Morgan fingerprint density at radius 3 is 2.35 bits per heavy atom. The fraction of sp³-hybridized carbons (Fsp3) is 0.500. The molecule has 0 aliphatic heterocycles. The predicted octanol–water partition coefficient (Wildman–Crippen LogP) is 3.39. The number of hydrogen-bond donors (Lipinski definition) is 2. The van der Waals surface area contributed by atoms with Gasteiger partial charge in [0.25, 0.3) is 0 Å². The van der Waals surface area contributed by atoms with Crippen molar-refractivity contribution in [2.75, 3.05) is 0 Å². The third kappa shape index (κ3) is 5.03. The van der Waals surface area contributed by atoms with Gasteiger partial charge in [0, 0.05) is 5.56 Å². The topological polar surface area (TPSA) is 80.4 Å². The quantitative estimate of drug-likeness (QED) is 0.679. The van der Waals surface area contributed by atoms with E-state index in [2.05, 4.69) is 6.92 Å². The minimum Gasteiger partial charge on any atom is -0.478 e. The molecule has 0 unspecified atom stereocenters. The average Bonchev–Trinajstić information content (AvgIpc) is 2.42. The molecule has 1 amide bonds. The molecule has 0 saturated heterocycles. The maximum Gasteiger partial charge on any atom is 0.335 e. The third-order valence-corrected chi connectivity index (χ3v) is 3.42. The molecule has 110 valence electrons. The van der Waals surface area contributed by atoms with Gasteiger partial charge < -0.3 is 10.8 Å². The number of primary amides is 1. The lowest BCUT2D eigenvalue weighted by Gasteiger charge is -2.08. The predicted molar refractivity (Wildman–Crippen MR) is 79.0 cm³/mol. The van der Waals surface area contributed by atoms with E-state index in [0.29, 0.717) is 12.0 Å². The second kappa shape index (κ2) is 8.35. The molecule has 0 aliphatic rings. The lowest BCUT2D eigenvalue weighted by atomic mass is 9.97. The van der Waals surface area contributed by atoms with Crippen molar-refractivity contribution in [2.45, 2.75) is 51.9 Å². The summed E-state index contributed by atoms with van der Waals surface area (Å²) in [7, 11) is 0. The molecule has 0 heterocycles. The Balaban J connectivity index is 2.63. The molecule has 0 aliphatic carbocycles. The number of hydrogen-bond acceptors (Lipinski definition) is 2. The summed E-state index contributed by atoms with van der Waals surface area (Å²) in [5.41, 5.74) is 6.71. The van der Waals surface area contributed by atoms with Gasteiger partial charge in [-0.25, -0.2) is 4.79 Å². The molecule has 1 rings (SSSR count). The molecule has 4 heteroatoms. The van der Waals surface area contributed by atoms with E-state index in [1.165, 1.54) is 37.8 Å². The minimum atomic E-state index is -0.981. The number of carboxylic acid groups (broad SMARTS) is 1. The number of carboxylic acids is 1. The maximum absolute atomic E-state index is 11.4. The van der Waals surface area contributed by atoms with Gasteiger partial charge in [-0.05, 0) is 36.6 Å². The Bertz CT molecular complexity index is 469. The van der Waals surface area contributed by atoms with Gasteiger partial charge in [-0.15, -0.1) is 0 Å². The van der Waals surface area contributed by atoms with Gasteiger partial charge in [0.2, 0.25) is 5.91 Å². The smallest absolute Gasteiger partial charge is 0.335 e. The molecule has 0 saturated carbocycles. The maximum atomic E-state index is 11.4. The largest absolute Gasteiger partial charge is 0.478 e. The second-order valence-electron chi connectivity index (χ2n) is 5.06. The lowest BCUT2D eigenvalue weighted by Crippen LogP contribution is -2.14. The Kier molecular flexibility index (Phi) is 6.77. The summed E-state index contributed by atoms with van der Waals surface area (Å²) < 4.78 is 0. The molecular weight excluding hydrogens is 254 g/mol. The summed E-state index contributed by atoms with van der Waals surface area (Å²) in [4.78, 5) is 22.3. The minimum absolute atomic E-state index is 0.205. The van der Waals surface area contributed by atoms with Crippen molar-refractivity contribution in [3.05, 3.63) is 34.9 Å². The zero-order chi connectivity index (χ0) is 15.0. The van der Waals surface area contributed by atoms with Gasteiger partial charge >= 0.3 is 5.97 Å². The van der Waals surface area contributed by atoms with Crippen LogP contribution < -0.4 is 5.73 Å². The molecule has 1 aromatic rings. The Morgan fingerprint density at radius 2 is 1.75 bits per heavy atom. The number of nitrogens with two attached hydrogens (primary N) is 1. The lowest BCUT2D eigenvalue weighted by molar-refractivity contribution is 0.0696. The Morgan fingerprint density at radius 1 is 1.10 bits per heavy atom. The molecule has 1 aromatic carbocycles. The normalized spacial score (nSPS) is 10.4. The van der Waals surface area contributed by atoms with Crippen LogP contribution in [0.25, 0.3) is 0 Å². The van der Waals surface area contributed by atoms with Crippen LogP contribution in [0, 0.1) is 0 Å². The van der Waals surface area contributed by atoms with Crippen LogP contribution in [0.1, 0.15) is 71.7 Å². The van der Waals surface area contributed by atoms with Crippen LogP contribution in [0.3, 0.4) is 0 Å². The summed E-state index contributed by atoms with van der Waals surface area (Å²) in [5.74, 6) is -1.48. The molecule has 20 heavy (non-hydrogen) atoms. The number of amides is 1. The van der Waals surface area contributed by atoms with Crippen molar-refractivity contribution in [1.82, 2.24) is 0 Å². The van der Waals surface area contributed by atoms with Gasteiger partial charge in [-0.3, -0.25) is 4.79 Å². The van der Waals surface area contributed by atoms with Crippen LogP contribution in [-0.4, -0.2) is 17.0 Å². The molecule has 0 radical (unpaired) electrons. The van der Waals surface area contributed by atoms with E-state index in [-0.39, 0.29) is 5.56 Å². The summed E-state index contributed by atoms with van der Waals surface area (Å²) in [6.45, 7) is 2.18. The first-order chi connectivity index (χ1) is 9.56. The number of carbonyl (C=O) groups excluding carboxylic acids is 1. The van der Waals surface area contributed by atoms with E-state index >= 15 is 0 Å². The zero-order valence-electron chi connectivity index (χ0n) is 12.0. The highest BCUT2D eigenvalue weighted by molar-refractivity contribution is 5.96. The first kappa shape index (κ1) is 16.2. The fourth-order valence-electron chi connectivity index (χ4n) is 2.27. The average molecular weight is 277 g/mol. The molecule has 3 N–H and O–H groups in total. The van der Waals surface area contributed by atoms with E-state index in [1.807, 2.05) is 0 Å². The SMILES string of the molecule is CCCCCCCCc1cc(C(=O)O)ccc1C(N)=O. The summed E-state index contributed by atoms with van der Waals surface area (Å²) in [6, 6.07) is 4.50. The van der Waals surface area contributed by atoms with Crippen LogP contribution in [0.2, 0.25) is 0 Å². The van der Waals surface area contributed by atoms with Gasteiger partial charge in [0.15, 0.2) is 0 Å². The number of aromatic carboxylic acids is 1. The number of unbranched alkanes of at least 4 members (excludes halogenated alkanes) is 5. The van der Waals surface area contributed by atoms with Crippen molar-refractivity contribution in [1.29, 1.82) is 0 Å². The molecule has 0 bridgehead atoms. The highest BCUT2D eigenvalue weighted by Crippen LogP contribution is 2.16. The van der Waals surface area contributed by atoms with Crippen LogP contribution in [-0.2, 0) is 6.42 Å². The Hall–Kier alpha value is -1.84. The van der Waals surface area contributed by atoms with Gasteiger partial charge in [0.1, 0.15) is 0 Å². The van der Waals surface area contributed by atoms with Crippen molar-refractivity contribution < 1.29 is 14.7 Å². The van der Waals surface area contributed by atoms with Crippen LogP contribution >= 0.6 is 0 Å². The summed E-state index contributed by atoms with van der Waals surface area (Å²) in [5, 5.41) is 8.99. The molecule has 0 spiro atoms. The van der Waals surface area contributed by atoms with E-state index in [1.54, 1.807) is 6.07 Å². The van der Waals surface area contributed by atoms with Crippen LogP contribution in [0.5, 0.6) is 0 Å². The van der Waals surface area contributed by atoms with Crippen molar-refractivity contribution in [2.24, 2.45) is 5.73 Å². The molecule has 4 nitrogen and oxygen atoms in total. The van der Waals surface area contributed by atoms with Crippen LogP contribution in [0.4, 0.5) is 0 Å². The molecule has 0 aromatic heterocycles. The Labute approximate surface area is 120 Å². The summed E-state index contributed by atoms with van der Waals surface area (Å²) >= 11 is 0. The second-order valence-corrected chi connectivity index (χ2v) is 5.06. The first-order valence-electron chi connectivity index (χ1n) is 7.22. The number of benzene rings is 1. The van der Waals surface area contributed by atoms with Crippen molar-refractivity contribution in [3.8, 4) is 0 Å². The van der Waals surface area contributed by atoms with Gasteiger partial charge in [0.05, 0.1) is 5.56 Å². The standard InChI is InChI=1S/C16H23NO3/c1-2-3-4-5-6-7-8-12-11-13(16(19)20)9-10-14(12)15(17)18/h9-11H,2-8H2,1H3,(H2,17,18)(H,19,20). The van der Waals surface area contributed by atoms with E-state index in [9.17, 15) is 9.59 Å². The highest BCUT2D eigenvalue weighted by atomic mass is 16.4. The number of carbonyl (C=O) groups is 2. The number of aryl methyl sites for hydroxylation is 1. The first-order valence-corrected chi connectivity index (χ1v) is 7.22. The van der Waals surface area contributed by atoms with Crippen molar-refractivity contribution >= 4 is 11.9 Å². The number of rotatable bonds is 9. The highest BCUT2D eigenvalue weighted by Gasteiger charge is 2.11. The monoisotopic (exact) mass is 277 g/mol.